The minimum absolute atomic E-state index is 0.112. The molecule has 3 aromatic heterocycles. The Morgan fingerprint density at radius 2 is 2.21 bits per heavy atom. The van der Waals surface area contributed by atoms with Crippen LogP contribution in [-0.4, -0.2) is 71.5 Å². The van der Waals surface area contributed by atoms with Gasteiger partial charge in [-0.1, -0.05) is 12.6 Å². The molecular weight excluding hydrogens is 486 g/mol. The number of carbonyl (C=O) groups is 1. The number of aliphatic hydroxyl groups is 1. The highest BCUT2D eigenvalue weighted by molar-refractivity contribution is 5.93. The molecule has 0 saturated heterocycles. The first-order chi connectivity index (χ1) is 18.4. The van der Waals surface area contributed by atoms with Crippen LogP contribution in [0.5, 0.6) is 11.8 Å². The molecule has 198 valence electrons. The van der Waals surface area contributed by atoms with Crippen molar-refractivity contribution in [1.82, 2.24) is 34.7 Å². The zero-order chi connectivity index (χ0) is 26.8. The quantitative estimate of drug-likeness (QED) is 0.390. The number of nitrogens with one attached hydrogen (secondary N) is 1. The highest BCUT2D eigenvalue weighted by atomic mass is 16.5. The molecule has 1 aliphatic rings. The van der Waals surface area contributed by atoms with Crippen LogP contribution in [0.1, 0.15) is 30.8 Å². The van der Waals surface area contributed by atoms with Crippen molar-refractivity contribution in [3.05, 3.63) is 54.0 Å². The minimum atomic E-state index is -0.508. The first-order valence-electron chi connectivity index (χ1n) is 12.5. The number of aryl methyl sites for hydroxylation is 1. The largest absolute Gasteiger partial charge is 0.476 e. The molecule has 1 aliphatic heterocycles. The third-order valence-electron chi connectivity index (χ3n) is 6.57. The minimum Gasteiger partial charge on any atom is -0.476 e. The van der Waals surface area contributed by atoms with E-state index < -0.39 is 6.10 Å². The second-order valence-corrected chi connectivity index (χ2v) is 9.03. The monoisotopic (exact) mass is 517 g/mol. The van der Waals surface area contributed by atoms with Crippen molar-refractivity contribution in [3.63, 3.8) is 0 Å². The van der Waals surface area contributed by atoms with E-state index in [1.54, 1.807) is 26.5 Å². The van der Waals surface area contributed by atoms with E-state index in [-0.39, 0.29) is 32.1 Å². The van der Waals surface area contributed by atoms with Crippen LogP contribution in [0.2, 0.25) is 0 Å². The van der Waals surface area contributed by atoms with Crippen molar-refractivity contribution in [1.29, 1.82) is 0 Å². The summed E-state index contributed by atoms with van der Waals surface area (Å²) in [6.45, 7) is 8.40. The number of ether oxygens (including phenoxy) is 2. The Kier molecular flexibility index (Phi) is 7.01. The number of hydrogen-bond acceptors (Lipinski definition) is 7. The van der Waals surface area contributed by atoms with Gasteiger partial charge in [0.2, 0.25) is 17.7 Å². The van der Waals surface area contributed by atoms with Gasteiger partial charge in [0.25, 0.3) is 0 Å². The maximum atomic E-state index is 12.8. The number of aromatic nitrogens is 6. The molecule has 1 atom stereocenters. The van der Waals surface area contributed by atoms with Crippen molar-refractivity contribution in [2.45, 2.75) is 33.0 Å². The average Bonchev–Trinajstić information content (AvgIpc) is 3.57. The van der Waals surface area contributed by atoms with Gasteiger partial charge in [0.15, 0.2) is 0 Å². The third-order valence-corrected chi connectivity index (χ3v) is 6.57. The van der Waals surface area contributed by atoms with Gasteiger partial charge >= 0.3 is 0 Å². The molecule has 0 radical (unpaired) electrons. The Bertz CT molecular complexity index is 1510. The summed E-state index contributed by atoms with van der Waals surface area (Å²) in [5.74, 6) is 0.860. The molecule has 11 nitrogen and oxygen atoms in total. The Morgan fingerprint density at radius 3 is 2.95 bits per heavy atom. The Morgan fingerprint density at radius 1 is 1.37 bits per heavy atom. The molecule has 11 heteroatoms. The van der Waals surface area contributed by atoms with Crippen molar-refractivity contribution in [2.24, 2.45) is 7.05 Å². The van der Waals surface area contributed by atoms with Gasteiger partial charge in [0.05, 0.1) is 67.1 Å². The highest BCUT2D eigenvalue weighted by Crippen LogP contribution is 2.34. The third kappa shape index (κ3) is 4.68. The fourth-order valence-corrected chi connectivity index (χ4v) is 4.60. The average molecular weight is 518 g/mol. The fourth-order valence-electron chi connectivity index (χ4n) is 4.60. The highest BCUT2D eigenvalue weighted by Gasteiger charge is 2.25. The van der Waals surface area contributed by atoms with Crippen LogP contribution in [0.3, 0.4) is 0 Å². The number of benzene rings is 1. The number of aromatic amines is 1. The summed E-state index contributed by atoms with van der Waals surface area (Å²) in [6, 6.07) is 5.98. The van der Waals surface area contributed by atoms with Crippen LogP contribution in [0.15, 0.2) is 37.1 Å². The molecule has 4 heterocycles. The van der Waals surface area contributed by atoms with Crippen LogP contribution in [0, 0.1) is 0 Å². The molecule has 4 aromatic rings. The second-order valence-electron chi connectivity index (χ2n) is 9.03. The molecule has 5 rings (SSSR count). The number of hydrogen-bond donors (Lipinski definition) is 2. The number of nitrogens with zero attached hydrogens (tertiary/aromatic N) is 6. The van der Waals surface area contributed by atoms with E-state index in [1.165, 1.54) is 6.92 Å². The molecule has 1 aromatic carbocycles. The first kappa shape index (κ1) is 25.3. The standard InChI is InChI=1S/C27H31N7O4/c1-5-19-15-33(17(3)36)16-25-20(26(37-6-2)31-34(25)11-12-35)8-10-24-21-13-18(7-9-23(21)29-30-24)22-14-28-32(4)27(22)38-19/h5,7-10,13-14,19,35H,1,6,11-12,15-16H2,2-4H3,(H,29,30)/b10-8+/t19-/m1/s1. The number of rotatable bonds is 5. The van der Waals surface area contributed by atoms with Gasteiger partial charge in [0.1, 0.15) is 6.10 Å². The van der Waals surface area contributed by atoms with Crippen molar-refractivity contribution in [3.8, 4) is 22.9 Å². The van der Waals surface area contributed by atoms with Gasteiger partial charge in [-0.3, -0.25) is 14.6 Å². The number of amides is 1. The number of fused-ring (bicyclic) bond motifs is 4. The summed E-state index contributed by atoms with van der Waals surface area (Å²) in [5, 5.41) is 27.2. The molecule has 0 unspecified atom stereocenters. The molecule has 1 amide bonds. The van der Waals surface area contributed by atoms with Gasteiger partial charge in [-0.15, -0.1) is 5.10 Å². The topological polar surface area (TPSA) is 123 Å². The van der Waals surface area contributed by atoms with E-state index >= 15 is 0 Å². The molecule has 0 spiro atoms. The summed E-state index contributed by atoms with van der Waals surface area (Å²) >= 11 is 0. The van der Waals surface area contributed by atoms with Crippen LogP contribution < -0.4 is 9.47 Å². The lowest BCUT2D eigenvalue weighted by Gasteiger charge is -2.26. The molecule has 0 saturated carbocycles. The van der Waals surface area contributed by atoms with Crippen LogP contribution in [0.25, 0.3) is 34.2 Å². The lowest BCUT2D eigenvalue weighted by atomic mass is 10.1. The molecule has 2 bridgehead atoms. The molecule has 2 N–H and O–H groups in total. The summed E-state index contributed by atoms with van der Waals surface area (Å²) in [5.41, 5.74) is 4.82. The summed E-state index contributed by atoms with van der Waals surface area (Å²) in [6.07, 6.45) is 6.78. The van der Waals surface area contributed by atoms with Gasteiger partial charge in [0, 0.05) is 19.4 Å². The lowest BCUT2D eigenvalue weighted by molar-refractivity contribution is -0.130. The van der Waals surface area contributed by atoms with E-state index in [1.807, 2.05) is 44.3 Å². The van der Waals surface area contributed by atoms with E-state index in [2.05, 4.69) is 27.0 Å². The Labute approximate surface area is 220 Å². The smallest absolute Gasteiger partial charge is 0.240 e. The predicted octanol–water partition coefficient (Wildman–Crippen LogP) is 3.02. The number of H-pyrrole nitrogens is 1. The van der Waals surface area contributed by atoms with Crippen molar-refractivity contribution < 1.29 is 19.4 Å². The van der Waals surface area contributed by atoms with Crippen molar-refractivity contribution in [2.75, 3.05) is 19.8 Å². The van der Waals surface area contributed by atoms with E-state index in [0.717, 1.165) is 39.0 Å². The summed E-state index contributed by atoms with van der Waals surface area (Å²) < 4.78 is 15.6. The van der Waals surface area contributed by atoms with E-state index in [0.29, 0.717) is 18.4 Å². The van der Waals surface area contributed by atoms with Crippen LogP contribution in [0.4, 0.5) is 0 Å². The van der Waals surface area contributed by atoms with E-state index in [4.69, 9.17) is 9.47 Å². The fraction of sp³-hybridized carbons (Fsp3) is 0.333. The molecular formula is C27H31N7O4. The maximum absolute atomic E-state index is 12.8. The summed E-state index contributed by atoms with van der Waals surface area (Å²) in [4.78, 5) is 14.5. The lowest BCUT2D eigenvalue weighted by Crippen LogP contribution is -2.38. The maximum Gasteiger partial charge on any atom is 0.240 e. The predicted molar refractivity (Wildman–Crippen MR) is 143 cm³/mol. The first-order valence-corrected chi connectivity index (χ1v) is 12.5. The number of carbonyl (C=O) groups excluding carboxylic acids is 1. The normalized spacial score (nSPS) is 16.3. The SMILES string of the molecule is C=C[C@@H]1CN(C(C)=O)Cc2c(c(OCC)nn2CCO)/C=C/c2[nH]nc3ccc(cc23)-c2cnn(C)c2O1. The van der Waals surface area contributed by atoms with Crippen LogP contribution in [-0.2, 0) is 24.9 Å². The van der Waals surface area contributed by atoms with Crippen molar-refractivity contribution >= 4 is 29.0 Å². The van der Waals surface area contributed by atoms with Crippen LogP contribution >= 0.6 is 0 Å². The van der Waals surface area contributed by atoms with Gasteiger partial charge in [-0.05, 0) is 42.8 Å². The Hall–Kier alpha value is -4.38. The van der Waals surface area contributed by atoms with Gasteiger partial charge in [-0.2, -0.15) is 10.2 Å². The number of aliphatic hydroxyl groups excluding tert-OH is 1. The Balaban J connectivity index is 1.73. The van der Waals surface area contributed by atoms with Gasteiger partial charge in [-0.25, -0.2) is 4.68 Å². The summed E-state index contributed by atoms with van der Waals surface area (Å²) in [7, 11) is 1.81. The zero-order valence-corrected chi connectivity index (χ0v) is 21.7. The molecule has 38 heavy (non-hydrogen) atoms. The zero-order valence-electron chi connectivity index (χ0n) is 21.7. The molecule has 0 aliphatic carbocycles. The molecule has 0 fully saturated rings. The van der Waals surface area contributed by atoms with E-state index in [9.17, 15) is 9.90 Å². The second kappa shape index (κ2) is 10.5. The van der Waals surface area contributed by atoms with Gasteiger partial charge < -0.3 is 19.5 Å².